The van der Waals surface area contributed by atoms with Crippen molar-refractivity contribution >= 4 is 29.3 Å². The summed E-state index contributed by atoms with van der Waals surface area (Å²) in [5.41, 5.74) is -0.300. The highest BCUT2D eigenvalue weighted by atomic mass is 32.1. The molecule has 1 heterocycles. The third-order valence-electron chi connectivity index (χ3n) is 2.33. The van der Waals surface area contributed by atoms with Crippen LogP contribution in [0.2, 0.25) is 0 Å². The zero-order chi connectivity index (χ0) is 16.4. The third kappa shape index (κ3) is 5.96. The highest BCUT2D eigenvalue weighted by Crippen LogP contribution is 2.07. The van der Waals surface area contributed by atoms with Gasteiger partial charge in [0.15, 0.2) is 0 Å². The lowest BCUT2D eigenvalue weighted by Gasteiger charge is -2.08. The van der Waals surface area contributed by atoms with Crippen LogP contribution in [0.3, 0.4) is 0 Å². The van der Waals surface area contributed by atoms with Gasteiger partial charge in [-0.2, -0.15) is 0 Å². The van der Waals surface area contributed by atoms with Gasteiger partial charge in [0.2, 0.25) is 0 Å². The molecule has 7 nitrogen and oxygen atoms in total. The molecule has 0 unspecified atom stereocenters. The lowest BCUT2D eigenvalue weighted by atomic mass is 10.2. The maximum Gasteiger partial charge on any atom is 0.414 e. The van der Waals surface area contributed by atoms with E-state index in [1.807, 2.05) is 22.8 Å². The first-order valence-electron chi connectivity index (χ1n) is 6.69. The number of amides is 2. The minimum Gasteiger partial charge on any atom is -0.462 e. The number of alkyl carbamates (subject to hydrolysis) is 1. The van der Waals surface area contributed by atoms with Crippen molar-refractivity contribution in [3.63, 3.8) is 0 Å². The van der Waals surface area contributed by atoms with Crippen molar-refractivity contribution in [2.75, 3.05) is 13.2 Å². The van der Waals surface area contributed by atoms with E-state index in [-0.39, 0.29) is 18.8 Å². The van der Waals surface area contributed by atoms with Gasteiger partial charge in [0.25, 0.3) is 5.91 Å². The van der Waals surface area contributed by atoms with E-state index in [0.717, 1.165) is 4.88 Å². The van der Waals surface area contributed by atoms with Crippen LogP contribution in [0.5, 0.6) is 0 Å². The molecule has 0 aliphatic carbocycles. The number of rotatable bonds is 7. The van der Waals surface area contributed by atoms with Crippen LogP contribution in [-0.2, 0) is 25.6 Å². The first-order valence-corrected chi connectivity index (χ1v) is 7.57. The molecule has 0 aliphatic rings. The molecule has 0 radical (unpaired) electrons. The maximum absolute atomic E-state index is 11.9. The Bertz CT molecular complexity index is 539. The van der Waals surface area contributed by atoms with Crippen molar-refractivity contribution in [1.82, 2.24) is 10.6 Å². The molecule has 8 heteroatoms. The summed E-state index contributed by atoms with van der Waals surface area (Å²) in [7, 11) is 0. The van der Waals surface area contributed by atoms with Crippen LogP contribution in [0.15, 0.2) is 29.3 Å². The van der Waals surface area contributed by atoms with Gasteiger partial charge in [-0.25, -0.2) is 9.59 Å². The summed E-state index contributed by atoms with van der Waals surface area (Å²) in [6.45, 7) is 3.92. The number of esters is 1. The minimum atomic E-state index is -0.916. The highest BCUT2D eigenvalue weighted by molar-refractivity contribution is 7.09. The average Bonchev–Trinajstić information content (AvgIpc) is 2.97. The van der Waals surface area contributed by atoms with Gasteiger partial charge in [0, 0.05) is 17.6 Å². The molecule has 0 saturated carbocycles. The Morgan fingerprint density at radius 2 is 1.95 bits per heavy atom. The second-order valence-electron chi connectivity index (χ2n) is 3.91. The van der Waals surface area contributed by atoms with Gasteiger partial charge in [-0.1, -0.05) is 6.07 Å². The zero-order valence-electron chi connectivity index (χ0n) is 12.4. The molecule has 22 heavy (non-hydrogen) atoms. The fourth-order valence-corrected chi connectivity index (χ4v) is 2.08. The van der Waals surface area contributed by atoms with Gasteiger partial charge < -0.3 is 14.8 Å². The number of nitrogens with one attached hydrogen (secondary N) is 2. The number of ether oxygens (including phenoxy) is 2. The highest BCUT2D eigenvalue weighted by Gasteiger charge is 2.22. The van der Waals surface area contributed by atoms with Crippen molar-refractivity contribution in [2.45, 2.75) is 20.4 Å². The predicted octanol–water partition coefficient (Wildman–Crippen LogP) is 1.56. The number of carbonyl (C=O) groups is 3. The molecule has 2 N–H and O–H groups in total. The summed E-state index contributed by atoms with van der Waals surface area (Å²) in [4.78, 5) is 36.0. The molecule has 0 aliphatic heterocycles. The van der Waals surface area contributed by atoms with Crippen molar-refractivity contribution in [3.05, 3.63) is 34.2 Å². The lowest BCUT2D eigenvalue weighted by molar-refractivity contribution is -0.140. The molecule has 0 fully saturated rings. The zero-order valence-corrected chi connectivity index (χ0v) is 13.2. The van der Waals surface area contributed by atoms with Crippen LogP contribution in [0, 0.1) is 0 Å². The molecule has 0 saturated heterocycles. The third-order valence-corrected chi connectivity index (χ3v) is 3.21. The van der Waals surface area contributed by atoms with E-state index < -0.39 is 18.0 Å². The Morgan fingerprint density at radius 1 is 1.23 bits per heavy atom. The van der Waals surface area contributed by atoms with E-state index in [1.165, 1.54) is 17.5 Å². The monoisotopic (exact) mass is 326 g/mol. The summed E-state index contributed by atoms with van der Waals surface area (Å²) >= 11 is 1.54. The van der Waals surface area contributed by atoms with E-state index in [9.17, 15) is 14.4 Å². The largest absolute Gasteiger partial charge is 0.462 e. The summed E-state index contributed by atoms with van der Waals surface area (Å²) in [6, 6.07) is 3.80. The van der Waals surface area contributed by atoms with Gasteiger partial charge in [0.05, 0.1) is 13.2 Å². The van der Waals surface area contributed by atoms with Gasteiger partial charge in [-0.3, -0.25) is 10.1 Å². The van der Waals surface area contributed by atoms with E-state index in [2.05, 4.69) is 10.1 Å². The molecule has 0 aromatic carbocycles. The Labute approximate surface area is 132 Å². The Kier molecular flexibility index (Phi) is 7.69. The summed E-state index contributed by atoms with van der Waals surface area (Å²) in [5, 5.41) is 6.72. The predicted molar refractivity (Wildman–Crippen MR) is 81.0 cm³/mol. The average molecular weight is 326 g/mol. The standard InChI is InChI=1S/C14H18N2O5S/c1-3-20-13(18)11(12(17)16-14(19)21-4-2)9-15-8-10-6-5-7-22-10/h5-7,9,15H,3-4,8H2,1-2H3,(H,16,17,19)/b11-9-. The molecule has 2 amide bonds. The molecule has 120 valence electrons. The van der Waals surface area contributed by atoms with Gasteiger partial charge in [-0.05, 0) is 25.3 Å². The van der Waals surface area contributed by atoms with Crippen LogP contribution in [0.1, 0.15) is 18.7 Å². The molecular formula is C14H18N2O5S. The summed E-state index contributed by atoms with van der Waals surface area (Å²) in [6.07, 6.45) is 0.313. The molecule has 1 aromatic rings. The van der Waals surface area contributed by atoms with Crippen molar-refractivity contribution in [3.8, 4) is 0 Å². The molecule has 1 rings (SSSR count). The number of hydrogen-bond acceptors (Lipinski definition) is 7. The van der Waals surface area contributed by atoms with Gasteiger partial charge in [-0.15, -0.1) is 11.3 Å². The first kappa shape index (κ1) is 17.7. The van der Waals surface area contributed by atoms with Gasteiger partial charge >= 0.3 is 12.1 Å². The minimum absolute atomic E-state index is 0.119. The number of thiophene rings is 1. The van der Waals surface area contributed by atoms with Crippen LogP contribution in [-0.4, -0.2) is 31.2 Å². The smallest absolute Gasteiger partial charge is 0.414 e. The lowest BCUT2D eigenvalue weighted by Crippen LogP contribution is -2.35. The molecule has 0 atom stereocenters. The van der Waals surface area contributed by atoms with E-state index in [4.69, 9.17) is 4.74 Å². The molecule has 0 spiro atoms. The van der Waals surface area contributed by atoms with Crippen molar-refractivity contribution in [1.29, 1.82) is 0 Å². The van der Waals surface area contributed by atoms with Crippen molar-refractivity contribution < 1.29 is 23.9 Å². The Hall–Kier alpha value is -2.35. The van der Waals surface area contributed by atoms with Crippen LogP contribution in [0.4, 0.5) is 4.79 Å². The fraction of sp³-hybridized carbons (Fsp3) is 0.357. The number of imide groups is 1. The van der Waals surface area contributed by atoms with Crippen LogP contribution < -0.4 is 10.6 Å². The quantitative estimate of drug-likeness (QED) is 0.342. The Morgan fingerprint density at radius 3 is 2.55 bits per heavy atom. The topological polar surface area (TPSA) is 93.7 Å². The van der Waals surface area contributed by atoms with E-state index in [1.54, 1.807) is 13.8 Å². The second kappa shape index (κ2) is 9.56. The SMILES string of the molecule is CCOC(=O)NC(=O)/C(=C/NCc1cccs1)C(=O)OCC. The molecule has 0 bridgehead atoms. The number of hydrogen-bond donors (Lipinski definition) is 2. The van der Waals surface area contributed by atoms with Crippen molar-refractivity contribution in [2.24, 2.45) is 0 Å². The molecule has 1 aromatic heterocycles. The van der Waals surface area contributed by atoms with Gasteiger partial charge in [0.1, 0.15) is 5.57 Å². The summed E-state index contributed by atoms with van der Waals surface area (Å²) in [5.74, 6) is -1.70. The molecular weight excluding hydrogens is 308 g/mol. The van der Waals surface area contributed by atoms with Crippen LogP contribution >= 0.6 is 11.3 Å². The Balaban J connectivity index is 2.71. The van der Waals surface area contributed by atoms with Crippen LogP contribution in [0.25, 0.3) is 0 Å². The van der Waals surface area contributed by atoms with E-state index in [0.29, 0.717) is 6.54 Å². The fourth-order valence-electron chi connectivity index (χ4n) is 1.42. The normalized spacial score (nSPS) is 10.7. The summed E-state index contributed by atoms with van der Waals surface area (Å²) < 4.78 is 9.39. The second-order valence-corrected chi connectivity index (χ2v) is 4.95. The van der Waals surface area contributed by atoms with E-state index >= 15 is 0 Å². The maximum atomic E-state index is 11.9. The first-order chi connectivity index (χ1) is 10.6. The number of carbonyl (C=O) groups excluding carboxylic acids is 3.